The Balaban J connectivity index is 2.82. The van der Waals surface area contributed by atoms with Gasteiger partial charge in [-0.2, -0.15) is 0 Å². The lowest BCUT2D eigenvalue weighted by atomic mass is 9.90. The summed E-state index contributed by atoms with van der Waals surface area (Å²) in [5, 5.41) is 9.21. The van der Waals surface area contributed by atoms with E-state index in [1.165, 1.54) is 11.9 Å². The number of piperidine rings is 1. The molecule has 0 aromatic carbocycles. The van der Waals surface area contributed by atoms with Gasteiger partial charge in [0.05, 0.1) is 0 Å². The second kappa shape index (κ2) is 6.89. The van der Waals surface area contributed by atoms with Gasteiger partial charge in [0.25, 0.3) is 5.91 Å². The molecule has 0 aliphatic carbocycles. The minimum atomic E-state index is -2.13. The molecule has 1 rings (SSSR count). The molecule has 1 aliphatic heterocycles. The average molecular weight is 314 g/mol. The molecule has 124 valence electrons. The summed E-state index contributed by atoms with van der Waals surface area (Å²) in [7, 11) is 1.31. The van der Waals surface area contributed by atoms with E-state index >= 15 is 0 Å². The number of likely N-dealkylation sites (tertiary alicyclic amines) is 1. The Morgan fingerprint density at radius 3 is 2.18 bits per heavy atom. The Morgan fingerprint density at radius 1 is 1.32 bits per heavy atom. The fraction of sp³-hybridized carbons (Fsp3) is 0.667. The van der Waals surface area contributed by atoms with Gasteiger partial charge in [0.1, 0.15) is 6.04 Å². The molecule has 0 aromatic rings. The highest BCUT2D eigenvalue weighted by Gasteiger charge is 2.46. The summed E-state index contributed by atoms with van der Waals surface area (Å²) < 4.78 is 14.9. The van der Waals surface area contributed by atoms with Crippen LogP contribution in [0.4, 0.5) is 4.39 Å². The molecule has 0 spiro atoms. The molecule has 0 aromatic heterocycles. The molecule has 1 saturated heterocycles. The van der Waals surface area contributed by atoms with Crippen molar-refractivity contribution in [2.45, 2.75) is 38.4 Å². The Bertz CT molecular complexity index is 470. The third-order valence-electron chi connectivity index (χ3n) is 4.05. The zero-order valence-electron chi connectivity index (χ0n) is 13.2. The van der Waals surface area contributed by atoms with Gasteiger partial charge in [-0.3, -0.25) is 9.59 Å². The Kier molecular flexibility index (Phi) is 5.68. The number of carboxylic acid groups (broad SMARTS) is 1. The largest absolute Gasteiger partial charge is 0.480 e. The van der Waals surface area contributed by atoms with Crippen LogP contribution in [0.15, 0.2) is 12.7 Å². The number of amides is 2. The van der Waals surface area contributed by atoms with Crippen molar-refractivity contribution >= 4 is 17.8 Å². The number of hydrogen-bond acceptors (Lipinski definition) is 3. The van der Waals surface area contributed by atoms with Crippen molar-refractivity contribution in [1.29, 1.82) is 0 Å². The Morgan fingerprint density at radius 2 is 1.82 bits per heavy atom. The normalized spacial score (nSPS) is 18.7. The van der Waals surface area contributed by atoms with E-state index in [1.807, 2.05) is 0 Å². The Labute approximate surface area is 129 Å². The Hall–Kier alpha value is -1.92. The molecule has 7 heteroatoms. The standard InChI is InChI=1S/C15H23FN2O4/c1-5-11(19)18-8-6-15(16,7-9-18)14(22)17(4)12(10(2)3)13(20)21/h5,10,12H,1,6-9H2,2-4H3,(H,20,21). The molecule has 6 nitrogen and oxygen atoms in total. The predicted molar refractivity (Wildman–Crippen MR) is 78.9 cm³/mol. The third kappa shape index (κ3) is 3.64. The molecule has 1 aliphatic rings. The van der Waals surface area contributed by atoms with E-state index < -0.39 is 23.6 Å². The second-order valence-electron chi connectivity index (χ2n) is 5.94. The summed E-state index contributed by atoms with van der Waals surface area (Å²) in [5.74, 6) is -2.63. The fourth-order valence-corrected chi connectivity index (χ4v) is 2.76. The van der Waals surface area contributed by atoms with Crippen LogP contribution in [0.2, 0.25) is 0 Å². The maximum absolute atomic E-state index is 14.9. The summed E-state index contributed by atoms with van der Waals surface area (Å²) in [6.45, 7) is 6.93. The van der Waals surface area contributed by atoms with Gasteiger partial charge in [0.2, 0.25) is 5.91 Å². The molecule has 0 radical (unpaired) electrons. The highest BCUT2D eigenvalue weighted by atomic mass is 19.1. The maximum atomic E-state index is 14.9. The number of hydrogen-bond donors (Lipinski definition) is 1. The summed E-state index contributed by atoms with van der Waals surface area (Å²) in [6.07, 6.45) is 0.874. The maximum Gasteiger partial charge on any atom is 0.326 e. The summed E-state index contributed by atoms with van der Waals surface area (Å²) in [5.41, 5.74) is -2.13. The van der Waals surface area contributed by atoms with E-state index in [2.05, 4.69) is 6.58 Å². The fourth-order valence-electron chi connectivity index (χ4n) is 2.76. The lowest BCUT2D eigenvalue weighted by molar-refractivity contribution is -0.159. The number of carbonyl (C=O) groups is 3. The molecule has 0 saturated carbocycles. The average Bonchev–Trinajstić information content (AvgIpc) is 2.45. The minimum absolute atomic E-state index is 0.111. The topological polar surface area (TPSA) is 77.9 Å². The quantitative estimate of drug-likeness (QED) is 0.770. The van der Waals surface area contributed by atoms with Gasteiger partial charge in [-0.05, 0) is 12.0 Å². The number of carboxylic acids is 1. The van der Waals surface area contributed by atoms with Crippen molar-refractivity contribution < 1.29 is 23.9 Å². The van der Waals surface area contributed by atoms with Crippen LogP contribution in [0.5, 0.6) is 0 Å². The number of alkyl halides is 1. The lowest BCUT2D eigenvalue weighted by Gasteiger charge is -2.39. The van der Waals surface area contributed by atoms with E-state index in [-0.39, 0.29) is 37.8 Å². The highest BCUT2D eigenvalue weighted by molar-refractivity contribution is 5.90. The lowest BCUT2D eigenvalue weighted by Crippen LogP contribution is -2.56. The first kappa shape index (κ1) is 18.1. The van der Waals surface area contributed by atoms with Gasteiger partial charge in [0.15, 0.2) is 5.67 Å². The zero-order valence-corrected chi connectivity index (χ0v) is 13.2. The van der Waals surface area contributed by atoms with Crippen molar-refractivity contribution in [3.8, 4) is 0 Å². The molecule has 22 heavy (non-hydrogen) atoms. The van der Waals surface area contributed by atoms with Crippen molar-refractivity contribution in [3.05, 3.63) is 12.7 Å². The van der Waals surface area contributed by atoms with Gasteiger partial charge >= 0.3 is 5.97 Å². The SMILES string of the molecule is C=CC(=O)N1CCC(F)(C(=O)N(C)C(C(=O)O)C(C)C)CC1. The molecule has 1 atom stereocenters. The molecule has 2 amide bonds. The first-order valence-electron chi connectivity index (χ1n) is 7.24. The van der Waals surface area contributed by atoms with Gasteiger partial charge < -0.3 is 14.9 Å². The van der Waals surface area contributed by atoms with Crippen LogP contribution in [0.1, 0.15) is 26.7 Å². The molecule has 0 bridgehead atoms. The highest BCUT2D eigenvalue weighted by Crippen LogP contribution is 2.30. The number of carbonyl (C=O) groups excluding carboxylic acids is 2. The van der Waals surface area contributed by atoms with Crippen LogP contribution < -0.4 is 0 Å². The molecule has 1 unspecified atom stereocenters. The monoisotopic (exact) mass is 314 g/mol. The number of likely N-dealkylation sites (N-methyl/N-ethyl adjacent to an activating group) is 1. The van der Waals surface area contributed by atoms with Gasteiger partial charge in [-0.25, -0.2) is 9.18 Å². The van der Waals surface area contributed by atoms with E-state index in [4.69, 9.17) is 0 Å². The molecular formula is C15H23FN2O4. The first-order chi connectivity index (χ1) is 10.1. The number of aliphatic carboxylic acids is 1. The number of nitrogens with zero attached hydrogens (tertiary/aromatic N) is 2. The van der Waals surface area contributed by atoms with Crippen LogP contribution >= 0.6 is 0 Å². The van der Waals surface area contributed by atoms with E-state index in [0.717, 1.165) is 11.0 Å². The van der Waals surface area contributed by atoms with Gasteiger partial charge in [-0.1, -0.05) is 20.4 Å². The zero-order chi connectivity index (χ0) is 17.1. The van der Waals surface area contributed by atoms with Crippen LogP contribution in [0.3, 0.4) is 0 Å². The second-order valence-corrected chi connectivity index (χ2v) is 5.94. The smallest absolute Gasteiger partial charge is 0.326 e. The van der Waals surface area contributed by atoms with Crippen molar-refractivity contribution in [1.82, 2.24) is 9.80 Å². The predicted octanol–water partition coefficient (Wildman–Crippen LogP) is 1.07. The molecule has 1 heterocycles. The minimum Gasteiger partial charge on any atom is -0.480 e. The summed E-state index contributed by atoms with van der Waals surface area (Å²) in [6, 6.07) is -1.08. The van der Waals surface area contributed by atoms with Gasteiger partial charge in [0, 0.05) is 33.0 Å². The summed E-state index contributed by atoms with van der Waals surface area (Å²) >= 11 is 0. The van der Waals surface area contributed by atoms with Crippen molar-refractivity contribution in [3.63, 3.8) is 0 Å². The van der Waals surface area contributed by atoms with Crippen LogP contribution in [-0.4, -0.2) is 64.5 Å². The van der Waals surface area contributed by atoms with Crippen LogP contribution in [0, 0.1) is 5.92 Å². The van der Waals surface area contributed by atoms with Crippen LogP contribution in [0.25, 0.3) is 0 Å². The van der Waals surface area contributed by atoms with E-state index in [1.54, 1.807) is 13.8 Å². The van der Waals surface area contributed by atoms with E-state index in [0.29, 0.717) is 0 Å². The molecular weight excluding hydrogens is 291 g/mol. The number of halogens is 1. The third-order valence-corrected chi connectivity index (χ3v) is 4.05. The van der Waals surface area contributed by atoms with E-state index in [9.17, 15) is 23.9 Å². The van der Waals surface area contributed by atoms with Crippen molar-refractivity contribution in [2.75, 3.05) is 20.1 Å². The molecule has 1 fully saturated rings. The first-order valence-corrected chi connectivity index (χ1v) is 7.24. The molecule has 1 N–H and O–H groups in total. The number of rotatable bonds is 5. The van der Waals surface area contributed by atoms with Crippen LogP contribution in [-0.2, 0) is 14.4 Å². The van der Waals surface area contributed by atoms with Crippen molar-refractivity contribution in [2.24, 2.45) is 5.92 Å². The van der Waals surface area contributed by atoms with Gasteiger partial charge in [-0.15, -0.1) is 0 Å². The summed E-state index contributed by atoms with van der Waals surface area (Å²) in [4.78, 5) is 37.5.